The molecule has 0 spiro atoms. The first-order valence-electron chi connectivity index (χ1n) is 6.95. The highest BCUT2D eigenvalue weighted by molar-refractivity contribution is 5.93. The van der Waals surface area contributed by atoms with E-state index >= 15 is 0 Å². The number of hydrogen-bond donors (Lipinski definition) is 0. The lowest BCUT2D eigenvalue weighted by Gasteiger charge is -2.15. The monoisotopic (exact) mass is 285 g/mol. The Kier molecular flexibility index (Phi) is 3.47. The molecular formula is C15H19N5O. The van der Waals surface area contributed by atoms with Crippen LogP contribution in [0, 0.1) is 0 Å². The van der Waals surface area contributed by atoms with Gasteiger partial charge < -0.3 is 4.90 Å². The standard InChI is InChI=1S/C15H19N5O/c1-18(2)15(21)14-12-9-20(10-13(12)19(3)17-14)8-11-6-4-5-7-16-11/h4-7H,8-10H2,1-3H3. The van der Waals surface area contributed by atoms with E-state index in [9.17, 15) is 4.79 Å². The molecule has 1 aliphatic rings. The lowest BCUT2D eigenvalue weighted by Crippen LogP contribution is -2.24. The minimum Gasteiger partial charge on any atom is -0.343 e. The van der Waals surface area contributed by atoms with E-state index < -0.39 is 0 Å². The van der Waals surface area contributed by atoms with Crippen molar-refractivity contribution in [2.24, 2.45) is 7.05 Å². The number of fused-ring (bicyclic) bond motifs is 1. The molecule has 2 aromatic rings. The molecule has 0 radical (unpaired) electrons. The van der Waals surface area contributed by atoms with Crippen molar-refractivity contribution in [1.82, 2.24) is 24.6 Å². The summed E-state index contributed by atoms with van der Waals surface area (Å²) in [7, 11) is 5.41. The van der Waals surface area contributed by atoms with Gasteiger partial charge in [0.2, 0.25) is 0 Å². The highest BCUT2D eigenvalue weighted by atomic mass is 16.2. The van der Waals surface area contributed by atoms with E-state index in [-0.39, 0.29) is 5.91 Å². The van der Waals surface area contributed by atoms with Crippen LogP contribution in [0.4, 0.5) is 0 Å². The van der Waals surface area contributed by atoms with Gasteiger partial charge in [0.1, 0.15) is 0 Å². The van der Waals surface area contributed by atoms with Crippen molar-refractivity contribution < 1.29 is 4.79 Å². The van der Waals surface area contributed by atoms with Crippen LogP contribution < -0.4 is 0 Å². The van der Waals surface area contributed by atoms with Gasteiger partial charge in [-0.3, -0.25) is 19.4 Å². The molecule has 0 aliphatic carbocycles. The van der Waals surface area contributed by atoms with E-state index in [1.807, 2.05) is 29.9 Å². The van der Waals surface area contributed by atoms with Gasteiger partial charge in [-0.05, 0) is 12.1 Å². The Morgan fingerprint density at radius 3 is 2.81 bits per heavy atom. The van der Waals surface area contributed by atoms with Gasteiger partial charge in [-0.2, -0.15) is 5.10 Å². The zero-order chi connectivity index (χ0) is 15.0. The van der Waals surface area contributed by atoms with Crippen LogP contribution in [0.2, 0.25) is 0 Å². The molecule has 2 aromatic heterocycles. The van der Waals surface area contributed by atoms with Crippen molar-refractivity contribution >= 4 is 5.91 Å². The second-order valence-corrected chi connectivity index (χ2v) is 5.56. The molecule has 0 aromatic carbocycles. The summed E-state index contributed by atoms with van der Waals surface area (Å²) in [6.07, 6.45) is 1.81. The van der Waals surface area contributed by atoms with Crippen LogP contribution in [0.3, 0.4) is 0 Å². The lowest BCUT2D eigenvalue weighted by atomic mass is 10.2. The average molecular weight is 285 g/mol. The molecule has 0 atom stereocenters. The number of rotatable bonds is 3. The molecule has 1 aliphatic heterocycles. The van der Waals surface area contributed by atoms with Crippen molar-refractivity contribution in [3.63, 3.8) is 0 Å². The normalized spacial score (nSPS) is 14.2. The minimum absolute atomic E-state index is 0.0356. The summed E-state index contributed by atoms with van der Waals surface area (Å²) in [6.45, 7) is 2.33. The summed E-state index contributed by atoms with van der Waals surface area (Å²) in [5.41, 5.74) is 3.78. The molecule has 1 amide bonds. The molecule has 0 bridgehead atoms. The summed E-state index contributed by atoms with van der Waals surface area (Å²) in [5, 5.41) is 4.38. The van der Waals surface area contributed by atoms with Gasteiger partial charge in [0.15, 0.2) is 5.69 Å². The molecule has 0 saturated carbocycles. The number of carbonyl (C=O) groups excluding carboxylic acids is 1. The fourth-order valence-electron chi connectivity index (χ4n) is 2.67. The SMILES string of the molecule is CN(C)C(=O)c1nn(C)c2c1CN(Cc1ccccn1)C2. The van der Waals surface area contributed by atoms with Crippen molar-refractivity contribution in [2.75, 3.05) is 14.1 Å². The van der Waals surface area contributed by atoms with Crippen molar-refractivity contribution in [1.29, 1.82) is 0 Å². The van der Waals surface area contributed by atoms with Gasteiger partial charge in [0.05, 0.1) is 11.4 Å². The molecule has 6 nitrogen and oxygen atoms in total. The van der Waals surface area contributed by atoms with Crippen LogP contribution >= 0.6 is 0 Å². The van der Waals surface area contributed by atoms with E-state index in [1.165, 1.54) is 0 Å². The Labute approximate surface area is 124 Å². The van der Waals surface area contributed by atoms with Gasteiger partial charge in [0.25, 0.3) is 5.91 Å². The molecule has 3 heterocycles. The topological polar surface area (TPSA) is 54.3 Å². The second kappa shape index (κ2) is 5.29. The molecule has 110 valence electrons. The largest absolute Gasteiger partial charge is 0.343 e. The fourth-order valence-corrected chi connectivity index (χ4v) is 2.67. The zero-order valence-corrected chi connectivity index (χ0v) is 12.6. The molecular weight excluding hydrogens is 266 g/mol. The van der Waals surface area contributed by atoms with Gasteiger partial charge in [-0.15, -0.1) is 0 Å². The maximum absolute atomic E-state index is 12.2. The maximum atomic E-state index is 12.2. The van der Waals surface area contributed by atoms with E-state index in [0.717, 1.165) is 36.6 Å². The van der Waals surface area contributed by atoms with Crippen molar-refractivity contribution in [3.05, 3.63) is 47.0 Å². The third kappa shape index (κ3) is 2.54. The summed E-state index contributed by atoms with van der Waals surface area (Å²) < 4.78 is 1.82. The second-order valence-electron chi connectivity index (χ2n) is 5.56. The Hall–Kier alpha value is -2.21. The minimum atomic E-state index is -0.0356. The number of carbonyl (C=O) groups is 1. The molecule has 0 N–H and O–H groups in total. The predicted octanol–water partition coefficient (Wildman–Crippen LogP) is 1.03. The van der Waals surface area contributed by atoms with Crippen LogP contribution in [0.15, 0.2) is 24.4 Å². The number of amides is 1. The van der Waals surface area contributed by atoms with Crippen LogP contribution in [0.25, 0.3) is 0 Å². The number of pyridine rings is 1. The van der Waals surface area contributed by atoms with E-state index in [0.29, 0.717) is 5.69 Å². The Morgan fingerprint density at radius 2 is 2.14 bits per heavy atom. The summed E-state index contributed by atoms with van der Waals surface area (Å²) in [5.74, 6) is -0.0356. The van der Waals surface area contributed by atoms with E-state index in [1.54, 1.807) is 25.2 Å². The highest BCUT2D eigenvalue weighted by Crippen LogP contribution is 2.27. The quantitative estimate of drug-likeness (QED) is 0.845. The first kappa shape index (κ1) is 13.8. The molecule has 21 heavy (non-hydrogen) atoms. The molecule has 0 saturated heterocycles. The predicted molar refractivity (Wildman–Crippen MR) is 78.4 cm³/mol. The number of hydrogen-bond acceptors (Lipinski definition) is 4. The summed E-state index contributed by atoms with van der Waals surface area (Å²) >= 11 is 0. The molecule has 0 unspecified atom stereocenters. The van der Waals surface area contributed by atoms with Crippen LogP contribution in [0.5, 0.6) is 0 Å². The number of nitrogens with zero attached hydrogens (tertiary/aromatic N) is 5. The molecule has 0 fully saturated rings. The van der Waals surface area contributed by atoms with Gasteiger partial charge in [0, 0.05) is 52.5 Å². The summed E-state index contributed by atoms with van der Waals surface area (Å²) in [4.78, 5) is 20.4. The Bertz CT molecular complexity index is 662. The number of aromatic nitrogens is 3. The first-order chi connectivity index (χ1) is 10.1. The van der Waals surface area contributed by atoms with Crippen LogP contribution in [-0.2, 0) is 26.7 Å². The maximum Gasteiger partial charge on any atom is 0.274 e. The fraction of sp³-hybridized carbons (Fsp3) is 0.400. The molecule has 6 heteroatoms. The highest BCUT2D eigenvalue weighted by Gasteiger charge is 2.30. The van der Waals surface area contributed by atoms with Gasteiger partial charge in [-0.25, -0.2) is 0 Å². The third-order valence-corrected chi connectivity index (χ3v) is 3.75. The van der Waals surface area contributed by atoms with E-state index in [2.05, 4.69) is 15.0 Å². The average Bonchev–Trinajstić information content (AvgIpc) is 3.00. The summed E-state index contributed by atoms with van der Waals surface area (Å²) in [6, 6.07) is 5.93. The zero-order valence-electron chi connectivity index (χ0n) is 12.6. The first-order valence-corrected chi connectivity index (χ1v) is 6.95. The van der Waals surface area contributed by atoms with Gasteiger partial charge >= 0.3 is 0 Å². The van der Waals surface area contributed by atoms with E-state index in [4.69, 9.17) is 0 Å². The van der Waals surface area contributed by atoms with Crippen molar-refractivity contribution in [3.8, 4) is 0 Å². The van der Waals surface area contributed by atoms with Crippen LogP contribution in [-0.4, -0.2) is 44.6 Å². The smallest absolute Gasteiger partial charge is 0.274 e. The molecule has 3 rings (SSSR count). The van der Waals surface area contributed by atoms with Gasteiger partial charge in [-0.1, -0.05) is 6.07 Å². The lowest BCUT2D eigenvalue weighted by molar-refractivity contribution is 0.0819. The number of aryl methyl sites for hydroxylation is 1. The Balaban J connectivity index is 1.81. The Morgan fingerprint density at radius 1 is 1.33 bits per heavy atom. The van der Waals surface area contributed by atoms with Crippen LogP contribution in [0.1, 0.15) is 27.4 Å². The third-order valence-electron chi connectivity index (χ3n) is 3.75. The van der Waals surface area contributed by atoms with Crippen molar-refractivity contribution in [2.45, 2.75) is 19.6 Å².